The predicted octanol–water partition coefficient (Wildman–Crippen LogP) is 2.76. The van der Waals surface area contributed by atoms with E-state index in [1.165, 1.54) is 6.42 Å². The van der Waals surface area contributed by atoms with Crippen LogP contribution in [0.25, 0.3) is 0 Å². The van der Waals surface area contributed by atoms with Gasteiger partial charge in [-0.05, 0) is 26.5 Å². The van der Waals surface area contributed by atoms with Gasteiger partial charge in [0.15, 0.2) is 0 Å². The largest absolute Gasteiger partial charge is 0.356 e. The van der Waals surface area contributed by atoms with E-state index in [9.17, 15) is 0 Å². The summed E-state index contributed by atoms with van der Waals surface area (Å²) in [5.74, 6) is 1.00. The fraction of sp³-hybridized carbons (Fsp3) is 0.727. The van der Waals surface area contributed by atoms with Crippen molar-refractivity contribution in [3.63, 3.8) is 0 Å². The summed E-state index contributed by atoms with van der Waals surface area (Å²) in [5.41, 5.74) is 1.09. The van der Waals surface area contributed by atoms with E-state index in [1.807, 2.05) is 18.7 Å². The Kier molecular flexibility index (Phi) is 5.02. The zero-order chi connectivity index (χ0) is 11.3. The maximum Gasteiger partial charge on any atom is 0.203 e. The number of hydrogen-bond donors (Lipinski definition) is 1. The number of imidazole rings is 1. The van der Waals surface area contributed by atoms with Gasteiger partial charge in [0.25, 0.3) is 0 Å². The molecule has 0 radical (unpaired) electrons. The Balaban J connectivity index is 2.58. The monoisotopic (exact) mass is 227 g/mol. The summed E-state index contributed by atoms with van der Waals surface area (Å²) in [6.07, 6.45) is 5.47. The molecule has 1 aromatic rings. The van der Waals surface area contributed by atoms with Crippen LogP contribution >= 0.6 is 11.8 Å². The van der Waals surface area contributed by atoms with Crippen LogP contribution in [0.2, 0.25) is 0 Å². The number of nitrogens with zero attached hydrogens (tertiary/aromatic N) is 2. The number of aryl methyl sites for hydroxylation is 2. The highest BCUT2D eigenvalue weighted by atomic mass is 32.2. The molecule has 0 aliphatic heterocycles. The van der Waals surface area contributed by atoms with Crippen molar-refractivity contribution in [1.29, 1.82) is 0 Å². The number of anilines is 1. The smallest absolute Gasteiger partial charge is 0.203 e. The van der Waals surface area contributed by atoms with E-state index in [2.05, 4.69) is 41.2 Å². The van der Waals surface area contributed by atoms with E-state index >= 15 is 0 Å². The first kappa shape index (κ1) is 12.4. The van der Waals surface area contributed by atoms with Crippen molar-refractivity contribution < 1.29 is 0 Å². The SMILES string of the molecule is CCNc1nc(C)cn1CCC(C)SC. The second kappa shape index (κ2) is 6.05. The first-order valence-corrected chi connectivity index (χ1v) is 6.76. The Morgan fingerprint density at radius 2 is 2.33 bits per heavy atom. The average Bonchev–Trinajstić information content (AvgIpc) is 2.56. The van der Waals surface area contributed by atoms with Crippen LogP contribution in [-0.4, -0.2) is 27.6 Å². The maximum atomic E-state index is 4.45. The molecule has 4 heteroatoms. The molecule has 0 aromatic carbocycles. The second-order valence-electron chi connectivity index (χ2n) is 3.76. The molecular weight excluding hydrogens is 206 g/mol. The Labute approximate surface area is 96.7 Å². The molecule has 86 valence electrons. The van der Waals surface area contributed by atoms with Crippen LogP contribution in [-0.2, 0) is 6.54 Å². The van der Waals surface area contributed by atoms with Crippen LogP contribution in [0.4, 0.5) is 5.95 Å². The van der Waals surface area contributed by atoms with Gasteiger partial charge in [-0.1, -0.05) is 6.92 Å². The maximum absolute atomic E-state index is 4.45. The third-order valence-electron chi connectivity index (χ3n) is 2.41. The first-order valence-electron chi connectivity index (χ1n) is 5.47. The summed E-state index contributed by atoms with van der Waals surface area (Å²) in [5, 5.41) is 3.99. The molecule has 0 bridgehead atoms. The summed E-state index contributed by atoms with van der Waals surface area (Å²) in [6, 6.07) is 0. The highest BCUT2D eigenvalue weighted by Crippen LogP contribution is 2.14. The second-order valence-corrected chi connectivity index (χ2v) is 5.04. The third kappa shape index (κ3) is 3.78. The standard InChI is InChI=1S/C11H21N3S/c1-5-12-11-13-9(2)8-14(11)7-6-10(3)15-4/h8,10H,5-7H2,1-4H3,(H,12,13). The van der Waals surface area contributed by atoms with Gasteiger partial charge in [0.1, 0.15) is 0 Å². The minimum Gasteiger partial charge on any atom is -0.356 e. The van der Waals surface area contributed by atoms with Crippen molar-refractivity contribution in [3.05, 3.63) is 11.9 Å². The summed E-state index contributed by atoms with van der Waals surface area (Å²) < 4.78 is 2.21. The number of hydrogen-bond acceptors (Lipinski definition) is 3. The van der Waals surface area contributed by atoms with Crippen molar-refractivity contribution in [3.8, 4) is 0 Å². The fourth-order valence-corrected chi connectivity index (χ4v) is 1.80. The summed E-state index contributed by atoms with van der Waals surface area (Å²) in [7, 11) is 0. The molecule has 0 spiro atoms. The summed E-state index contributed by atoms with van der Waals surface area (Å²) >= 11 is 1.92. The Morgan fingerprint density at radius 1 is 1.60 bits per heavy atom. The van der Waals surface area contributed by atoms with Crippen LogP contribution < -0.4 is 5.32 Å². The Morgan fingerprint density at radius 3 is 2.93 bits per heavy atom. The van der Waals surface area contributed by atoms with E-state index in [0.717, 1.165) is 24.7 Å². The molecule has 1 heterocycles. The number of aromatic nitrogens is 2. The van der Waals surface area contributed by atoms with Gasteiger partial charge in [-0.15, -0.1) is 0 Å². The minimum atomic E-state index is 0.710. The van der Waals surface area contributed by atoms with Gasteiger partial charge in [0, 0.05) is 24.5 Å². The van der Waals surface area contributed by atoms with Gasteiger partial charge in [0.05, 0.1) is 5.69 Å². The van der Waals surface area contributed by atoms with Crippen LogP contribution in [0.15, 0.2) is 6.20 Å². The molecule has 1 atom stereocenters. The van der Waals surface area contributed by atoms with Gasteiger partial charge >= 0.3 is 0 Å². The molecule has 0 fully saturated rings. The molecule has 1 unspecified atom stereocenters. The molecule has 0 aliphatic carbocycles. The van der Waals surface area contributed by atoms with Gasteiger partial charge < -0.3 is 9.88 Å². The van der Waals surface area contributed by atoms with Crippen molar-refractivity contribution >= 4 is 17.7 Å². The Hall–Kier alpha value is -0.640. The van der Waals surface area contributed by atoms with E-state index in [1.54, 1.807) is 0 Å². The molecule has 0 aliphatic rings. The number of rotatable bonds is 6. The average molecular weight is 227 g/mol. The van der Waals surface area contributed by atoms with Crippen molar-refractivity contribution in [2.24, 2.45) is 0 Å². The van der Waals surface area contributed by atoms with E-state index in [4.69, 9.17) is 0 Å². The molecular formula is C11H21N3S. The zero-order valence-corrected chi connectivity index (χ0v) is 10.9. The normalized spacial score (nSPS) is 12.8. The van der Waals surface area contributed by atoms with Crippen molar-refractivity contribution in [2.75, 3.05) is 18.1 Å². The van der Waals surface area contributed by atoms with Crippen LogP contribution in [0, 0.1) is 6.92 Å². The molecule has 1 rings (SSSR count). The van der Waals surface area contributed by atoms with Gasteiger partial charge in [-0.25, -0.2) is 4.98 Å². The van der Waals surface area contributed by atoms with Crippen LogP contribution in [0.3, 0.4) is 0 Å². The lowest BCUT2D eigenvalue weighted by Crippen LogP contribution is -2.09. The van der Waals surface area contributed by atoms with Crippen LogP contribution in [0.5, 0.6) is 0 Å². The summed E-state index contributed by atoms with van der Waals surface area (Å²) in [4.78, 5) is 4.45. The van der Waals surface area contributed by atoms with Crippen molar-refractivity contribution in [1.82, 2.24) is 9.55 Å². The van der Waals surface area contributed by atoms with E-state index in [-0.39, 0.29) is 0 Å². The van der Waals surface area contributed by atoms with E-state index < -0.39 is 0 Å². The number of thioether (sulfide) groups is 1. The number of nitrogens with one attached hydrogen (secondary N) is 1. The third-order valence-corrected chi connectivity index (χ3v) is 3.45. The molecule has 0 saturated heterocycles. The zero-order valence-electron chi connectivity index (χ0n) is 10.1. The summed E-state index contributed by atoms with van der Waals surface area (Å²) in [6.45, 7) is 8.37. The molecule has 1 N–H and O–H groups in total. The van der Waals surface area contributed by atoms with Gasteiger partial charge in [-0.3, -0.25) is 0 Å². The lowest BCUT2D eigenvalue weighted by Gasteiger charge is -2.11. The predicted molar refractivity (Wildman–Crippen MR) is 68.7 cm³/mol. The molecule has 3 nitrogen and oxygen atoms in total. The van der Waals surface area contributed by atoms with E-state index in [0.29, 0.717) is 5.25 Å². The Bertz CT molecular complexity index is 296. The van der Waals surface area contributed by atoms with Crippen molar-refractivity contribution in [2.45, 2.75) is 39.0 Å². The topological polar surface area (TPSA) is 29.9 Å². The molecule has 15 heavy (non-hydrogen) atoms. The molecule has 1 aromatic heterocycles. The fourth-order valence-electron chi connectivity index (χ4n) is 1.46. The lowest BCUT2D eigenvalue weighted by molar-refractivity contribution is 0.644. The highest BCUT2D eigenvalue weighted by molar-refractivity contribution is 7.99. The lowest BCUT2D eigenvalue weighted by atomic mass is 10.3. The van der Waals surface area contributed by atoms with Gasteiger partial charge in [-0.2, -0.15) is 11.8 Å². The molecule has 0 amide bonds. The highest BCUT2D eigenvalue weighted by Gasteiger charge is 2.06. The molecule has 0 saturated carbocycles. The van der Waals surface area contributed by atoms with Crippen LogP contribution in [0.1, 0.15) is 26.0 Å². The quantitative estimate of drug-likeness (QED) is 0.810. The first-order chi connectivity index (χ1) is 7.17. The van der Waals surface area contributed by atoms with Gasteiger partial charge in [0.2, 0.25) is 5.95 Å². The minimum absolute atomic E-state index is 0.710.